The van der Waals surface area contributed by atoms with Crippen LogP contribution < -0.4 is 15.8 Å². The number of halogens is 1. The quantitative estimate of drug-likeness (QED) is 0.549. The predicted molar refractivity (Wildman–Crippen MR) is 115 cm³/mol. The summed E-state index contributed by atoms with van der Waals surface area (Å²) < 4.78 is 28.6. The van der Waals surface area contributed by atoms with Gasteiger partial charge in [-0.05, 0) is 42.8 Å². The van der Waals surface area contributed by atoms with Crippen molar-refractivity contribution < 1.29 is 13.2 Å². The number of aromatic nitrogens is 2. The summed E-state index contributed by atoms with van der Waals surface area (Å²) in [6, 6.07) is 13.7. The molecule has 0 spiro atoms. The molecule has 0 aliphatic carbocycles. The molecule has 2 aromatic carbocycles. The fourth-order valence-electron chi connectivity index (χ4n) is 2.71. The standard InChI is InChI=1S/C20H21ClN4O3S/c1-13-16(4-3-5-17(13)21)18-12-19(25-20(22)24-18)23-10-11-28-14-6-8-15(9-7-14)29(2,26)27/h3-9,12H,10-11H2,1-2H3,(H3,22,23,24,25). The van der Waals surface area contributed by atoms with Crippen molar-refractivity contribution in [2.24, 2.45) is 0 Å². The van der Waals surface area contributed by atoms with Gasteiger partial charge in [-0.1, -0.05) is 23.7 Å². The normalized spacial score (nSPS) is 11.3. The van der Waals surface area contributed by atoms with E-state index in [4.69, 9.17) is 22.1 Å². The van der Waals surface area contributed by atoms with Crippen molar-refractivity contribution in [2.45, 2.75) is 11.8 Å². The van der Waals surface area contributed by atoms with E-state index >= 15 is 0 Å². The Kier molecular flexibility index (Phi) is 6.24. The van der Waals surface area contributed by atoms with Gasteiger partial charge in [0, 0.05) is 22.9 Å². The third kappa shape index (κ3) is 5.36. The molecule has 29 heavy (non-hydrogen) atoms. The lowest BCUT2D eigenvalue weighted by molar-refractivity contribution is 0.332. The summed E-state index contributed by atoms with van der Waals surface area (Å²) in [7, 11) is -3.22. The van der Waals surface area contributed by atoms with Crippen molar-refractivity contribution in [3.05, 3.63) is 59.1 Å². The van der Waals surface area contributed by atoms with Crippen LogP contribution in [0, 0.1) is 6.92 Å². The summed E-state index contributed by atoms with van der Waals surface area (Å²) >= 11 is 6.20. The van der Waals surface area contributed by atoms with Gasteiger partial charge in [-0.15, -0.1) is 0 Å². The van der Waals surface area contributed by atoms with Gasteiger partial charge in [0.25, 0.3) is 0 Å². The smallest absolute Gasteiger partial charge is 0.222 e. The largest absolute Gasteiger partial charge is 0.492 e. The van der Waals surface area contributed by atoms with Gasteiger partial charge in [0.2, 0.25) is 5.95 Å². The van der Waals surface area contributed by atoms with Crippen molar-refractivity contribution in [1.82, 2.24) is 9.97 Å². The summed E-state index contributed by atoms with van der Waals surface area (Å²) in [5.41, 5.74) is 8.33. The first-order chi connectivity index (χ1) is 13.7. The lowest BCUT2D eigenvalue weighted by Gasteiger charge is -2.11. The maximum Gasteiger partial charge on any atom is 0.222 e. The average molecular weight is 433 g/mol. The van der Waals surface area contributed by atoms with Crippen molar-refractivity contribution >= 4 is 33.2 Å². The Morgan fingerprint density at radius 2 is 1.86 bits per heavy atom. The highest BCUT2D eigenvalue weighted by atomic mass is 35.5. The number of hydrogen-bond donors (Lipinski definition) is 2. The highest BCUT2D eigenvalue weighted by Crippen LogP contribution is 2.28. The van der Waals surface area contributed by atoms with E-state index in [0.717, 1.165) is 11.1 Å². The number of nitrogen functional groups attached to an aromatic ring is 1. The maximum atomic E-state index is 11.5. The van der Waals surface area contributed by atoms with Gasteiger partial charge in [0.05, 0.1) is 17.1 Å². The molecule has 1 aromatic heterocycles. The summed E-state index contributed by atoms with van der Waals surface area (Å²) in [6.45, 7) is 2.75. The number of anilines is 2. The molecule has 0 bridgehead atoms. The Balaban J connectivity index is 1.63. The molecule has 0 fully saturated rings. The average Bonchev–Trinajstić information content (AvgIpc) is 2.66. The molecule has 1 heterocycles. The van der Waals surface area contributed by atoms with Crippen molar-refractivity contribution in [2.75, 3.05) is 30.5 Å². The molecule has 3 rings (SSSR count). The number of nitrogens with two attached hydrogens (primary N) is 1. The Hall–Kier alpha value is -2.84. The van der Waals surface area contributed by atoms with Crippen LogP contribution in [0.25, 0.3) is 11.3 Å². The third-order valence-corrected chi connectivity index (χ3v) is 5.75. The van der Waals surface area contributed by atoms with E-state index in [-0.39, 0.29) is 10.8 Å². The Bertz CT molecular complexity index is 1120. The maximum absolute atomic E-state index is 11.5. The van der Waals surface area contributed by atoms with Gasteiger partial charge in [0.15, 0.2) is 9.84 Å². The highest BCUT2D eigenvalue weighted by Gasteiger charge is 2.10. The molecule has 0 radical (unpaired) electrons. The van der Waals surface area contributed by atoms with E-state index in [2.05, 4.69) is 15.3 Å². The van der Waals surface area contributed by atoms with Crippen LogP contribution in [-0.4, -0.2) is 37.8 Å². The number of hydrogen-bond acceptors (Lipinski definition) is 7. The molecule has 0 atom stereocenters. The van der Waals surface area contributed by atoms with Gasteiger partial charge in [-0.25, -0.2) is 13.4 Å². The van der Waals surface area contributed by atoms with Gasteiger partial charge >= 0.3 is 0 Å². The lowest BCUT2D eigenvalue weighted by Crippen LogP contribution is -2.13. The van der Waals surface area contributed by atoms with Gasteiger partial charge < -0.3 is 15.8 Å². The summed E-state index contributed by atoms with van der Waals surface area (Å²) in [5, 5.41) is 3.81. The molecule has 0 aliphatic heterocycles. The van der Waals surface area contributed by atoms with Crippen LogP contribution in [0.3, 0.4) is 0 Å². The number of nitrogens with zero attached hydrogens (tertiary/aromatic N) is 2. The van der Waals surface area contributed by atoms with Crippen LogP contribution in [0.2, 0.25) is 5.02 Å². The molecule has 0 unspecified atom stereocenters. The molecule has 3 aromatic rings. The van der Waals surface area contributed by atoms with E-state index in [1.54, 1.807) is 18.2 Å². The fraction of sp³-hybridized carbons (Fsp3) is 0.200. The number of ether oxygens (including phenoxy) is 1. The zero-order chi connectivity index (χ0) is 21.0. The van der Waals surface area contributed by atoms with Crippen LogP contribution in [0.4, 0.5) is 11.8 Å². The second kappa shape index (κ2) is 8.67. The van der Waals surface area contributed by atoms with Crippen LogP contribution in [0.15, 0.2) is 53.4 Å². The van der Waals surface area contributed by atoms with Gasteiger partial charge in [0.1, 0.15) is 18.2 Å². The van der Waals surface area contributed by atoms with E-state index < -0.39 is 9.84 Å². The number of benzene rings is 2. The zero-order valence-electron chi connectivity index (χ0n) is 16.0. The van der Waals surface area contributed by atoms with Crippen molar-refractivity contribution in [1.29, 1.82) is 0 Å². The SMILES string of the molecule is Cc1c(Cl)cccc1-c1cc(NCCOc2ccc(S(C)(=O)=O)cc2)nc(N)n1. The number of nitrogens with one attached hydrogen (secondary N) is 1. The van der Waals surface area contributed by atoms with E-state index in [1.165, 1.54) is 18.4 Å². The molecule has 152 valence electrons. The second-order valence-electron chi connectivity index (χ2n) is 6.43. The minimum absolute atomic E-state index is 0.154. The second-order valence-corrected chi connectivity index (χ2v) is 8.85. The molecule has 3 N–H and O–H groups in total. The van der Waals surface area contributed by atoms with Crippen LogP contribution in [-0.2, 0) is 9.84 Å². The number of sulfone groups is 1. The van der Waals surface area contributed by atoms with Gasteiger partial charge in [-0.2, -0.15) is 4.98 Å². The first-order valence-electron chi connectivity index (χ1n) is 8.81. The first kappa shape index (κ1) is 20.9. The summed E-state index contributed by atoms with van der Waals surface area (Å²) in [6.07, 6.45) is 1.17. The summed E-state index contributed by atoms with van der Waals surface area (Å²) in [5.74, 6) is 1.31. The monoisotopic (exact) mass is 432 g/mol. The zero-order valence-corrected chi connectivity index (χ0v) is 17.6. The third-order valence-electron chi connectivity index (χ3n) is 4.22. The van der Waals surface area contributed by atoms with Crippen molar-refractivity contribution in [3.63, 3.8) is 0 Å². The van der Waals surface area contributed by atoms with Gasteiger partial charge in [-0.3, -0.25) is 0 Å². The van der Waals surface area contributed by atoms with Crippen LogP contribution in [0.1, 0.15) is 5.56 Å². The number of rotatable bonds is 7. The fourth-order valence-corrected chi connectivity index (χ4v) is 3.52. The summed E-state index contributed by atoms with van der Waals surface area (Å²) in [4.78, 5) is 8.75. The van der Waals surface area contributed by atoms with E-state index in [9.17, 15) is 8.42 Å². The minimum atomic E-state index is -3.22. The van der Waals surface area contributed by atoms with Crippen LogP contribution >= 0.6 is 11.6 Å². The Morgan fingerprint density at radius 3 is 2.55 bits per heavy atom. The Morgan fingerprint density at radius 1 is 1.14 bits per heavy atom. The molecule has 0 saturated heterocycles. The predicted octanol–water partition coefficient (Wildman–Crippen LogP) is 3.58. The van der Waals surface area contributed by atoms with E-state index in [1.807, 2.05) is 25.1 Å². The molecule has 9 heteroatoms. The molecule has 7 nitrogen and oxygen atoms in total. The molecule has 0 saturated carbocycles. The highest BCUT2D eigenvalue weighted by molar-refractivity contribution is 7.90. The lowest BCUT2D eigenvalue weighted by atomic mass is 10.1. The first-order valence-corrected chi connectivity index (χ1v) is 11.1. The molecule has 0 amide bonds. The Labute approximate surface area is 174 Å². The molecule has 0 aliphatic rings. The van der Waals surface area contributed by atoms with E-state index in [0.29, 0.717) is 35.4 Å². The molecular weight excluding hydrogens is 412 g/mol. The minimum Gasteiger partial charge on any atom is -0.492 e. The molecular formula is C20H21ClN4O3S. The topological polar surface area (TPSA) is 107 Å². The van der Waals surface area contributed by atoms with Crippen LogP contribution in [0.5, 0.6) is 5.75 Å². The van der Waals surface area contributed by atoms with Crippen molar-refractivity contribution in [3.8, 4) is 17.0 Å².